The molecule has 0 heterocycles. The third kappa shape index (κ3) is 4.60. The van der Waals surface area contributed by atoms with E-state index in [1.807, 2.05) is 6.07 Å². The lowest BCUT2D eigenvalue weighted by atomic mass is 9.86. The first-order valence-corrected chi connectivity index (χ1v) is 7.32. The van der Waals surface area contributed by atoms with Gasteiger partial charge in [-0.05, 0) is 55.7 Å². The number of hydrogen-bond donors (Lipinski definition) is 2. The van der Waals surface area contributed by atoms with Crippen molar-refractivity contribution in [2.45, 2.75) is 44.6 Å². The van der Waals surface area contributed by atoms with Gasteiger partial charge in [0.15, 0.2) is 0 Å². The van der Waals surface area contributed by atoms with Gasteiger partial charge < -0.3 is 10.4 Å². The van der Waals surface area contributed by atoms with Gasteiger partial charge in [0, 0.05) is 19.1 Å². The Morgan fingerprint density at radius 1 is 1.30 bits per heavy atom. The molecule has 0 unspecified atom stereocenters. The van der Waals surface area contributed by atoms with Crippen LogP contribution in [0.3, 0.4) is 0 Å². The Hall–Kier alpha value is -1.42. The van der Waals surface area contributed by atoms with E-state index in [2.05, 4.69) is 5.32 Å². The van der Waals surface area contributed by atoms with Gasteiger partial charge in [0.25, 0.3) is 0 Å². The first-order chi connectivity index (χ1) is 9.67. The summed E-state index contributed by atoms with van der Waals surface area (Å²) in [5.74, 6) is 0.169. The number of nitrogens with one attached hydrogen (secondary N) is 1. The van der Waals surface area contributed by atoms with Crippen LogP contribution in [0.25, 0.3) is 0 Å². The fourth-order valence-corrected chi connectivity index (χ4v) is 2.74. The quantitative estimate of drug-likeness (QED) is 0.869. The summed E-state index contributed by atoms with van der Waals surface area (Å²) in [6.07, 6.45) is 4.80. The number of carbonyl (C=O) groups excluding carboxylic acids is 1. The second-order valence-electron chi connectivity index (χ2n) is 5.60. The van der Waals surface area contributed by atoms with Gasteiger partial charge in [-0.1, -0.05) is 12.1 Å². The summed E-state index contributed by atoms with van der Waals surface area (Å²) >= 11 is 0. The van der Waals surface area contributed by atoms with E-state index in [1.165, 1.54) is 12.1 Å². The minimum absolute atomic E-state index is 0.0294. The van der Waals surface area contributed by atoms with Crippen LogP contribution in [-0.2, 0) is 11.2 Å². The molecule has 0 atom stereocenters. The fraction of sp³-hybridized carbons (Fsp3) is 0.562. The van der Waals surface area contributed by atoms with Crippen LogP contribution in [0.1, 0.15) is 37.7 Å². The lowest BCUT2D eigenvalue weighted by Crippen LogP contribution is -2.38. The van der Waals surface area contributed by atoms with E-state index >= 15 is 0 Å². The average molecular weight is 279 g/mol. The molecular weight excluding hydrogens is 257 g/mol. The molecule has 0 saturated heterocycles. The van der Waals surface area contributed by atoms with Gasteiger partial charge >= 0.3 is 0 Å². The zero-order valence-electron chi connectivity index (χ0n) is 11.6. The molecule has 1 fully saturated rings. The van der Waals surface area contributed by atoms with Crippen molar-refractivity contribution in [3.63, 3.8) is 0 Å². The molecule has 1 amide bonds. The first-order valence-electron chi connectivity index (χ1n) is 7.32. The predicted octanol–water partition coefficient (Wildman–Crippen LogP) is 2.43. The highest BCUT2D eigenvalue weighted by Gasteiger charge is 2.21. The maximum atomic E-state index is 13.0. The second kappa shape index (κ2) is 7.39. The lowest BCUT2D eigenvalue weighted by Gasteiger charge is -2.27. The molecule has 2 rings (SSSR count). The molecule has 0 spiro atoms. The largest absolute Gasteiger partial charge is 0.396 e. The van der Waals surface area contributed by atoms with Crippen LogP contribution in [0.5, 0.6) is 0 Å². The van der Waals surface area contributed by atoms with Gasteiger partial charge in [0.05, 0.1) is 0 Å². The molecule has 0 aliphatic heterocycles. The summed E-state index contributed by atoms with van der Waals surface area (Å²) in [7, 11) is 0. The number of aliphatic hydroxyl groups excluding tert-OH is 1. The summed E-state index contributed by atoms with van der Waals surface area (Å²) in [5.41, 5.74) is 0.851. The molecule has 0 bridgehead atoms. The molecule has 4 heteroatoms. The molecule has 1 aliphatic rings. The molecule has 1 saturated carbocycles. The van der Waals surface area contributed by atoms with E-state index in [0.29, 0.717) is 18.8 Å². The Bertz CT molecular complexity index is 442. The Morgan fingerprint density at radius 2 is 2.05 bits per heavy atom. The van der Waals surface area contributed by atoms with Crippen molar-refractivity contribution in [1.29, 1.82) is 0 Å². The number of benzene rings is 1. The van der Waals surface area contributed by atoms with Crippen LogP contribution < -0.4 is 5.32 Å². The van der Waals surface area contributed by atoms with E-state index < -0.39 is 0 Å². The summed E-state index contributed by atoms with van der Waals surface area (Å²) in [6.45, 7) is 0.250. The van der Waals surface area contributed by atoms with Crippen LogP contribution in [0.2, 0.25) is 0 Å². The van der Waals surface area contributed by atoms with E-state index in [-0.39, 0.29) is 24.4 Å². The highest BCUT2D eigenvalue weighted by atomic mass is 19.1. The lowest BCUT2D eigenvalue weighted by molar-refractivity contribution is -0.122. The first kappa shape index (κ1) is 15.0. The topological polar surface area (TPSA) is 49.3 Å². The van der Waals surface area contributed by atoms with Gasteiger partial charge in [0.2, 0.25) is 5.91 Å². The number of aliphatic hydroxyl groups is 1. The van der Waals surface area contributed by atoms with E-state index in [0.717, 1.165) is 31.2 Å². The van der Waals surface area contributed by atoms with Crippen LogP contribution in [0.4, 0.5) is 4.39 Å². The van der Waals surface area contributed by atoms with Gasteiger partial charge in [-0.15, -0.1) is 0 Å². The van der Waals surface area contributed by atoms with Crippen molar-refractivity contribution in [2.75, 3.05) is 6.61 Å². The summed E-state index contributed by atoms with van der Waals surface area (Å²) in [4.78, 5) is 11.9. The third-order valence-electron chi connectivity index (χ3n) is 4.00. The normalized spacial score (nSPS) is 22.5. The van der Waals surface area contributed by atoms with Crippen molar-refractivity contribution < 1.29 is 14.3 Å². The minimum atomic E-state index is -0.259. The maximum Gasteiger partial charge on any atom is 0.220 e. The number of halogens is 1. The third-order valence-corrected chi connectivity index (χ3v) is 4.00. The minimum Gasteiger partial charge on any atom is -0.396 e. The molecule has 2 N–H and O–H groups in total. The van der Waals surface area contributed by atoms with E-state index in [1.54, 1.807) is 6.07 Å². The number of aryl methyl sites for hydroxylation is 1. The molecular formula is C16H22FNO2. The van der Waals surface area contributed by atoms with Crippen molar-refractivity contribution >= 4 is 5.91 Å². The van der Waals surface area contributed by atoms with Gasteiger partial charge in [0.1, 0.15) is 5.82 Å². The number of hydrogen-bond acceptors (Lipinski definition) is 2. The smallest absolute Gasteiger partial charge is 0.220 e. The van der Waals surface area contributed by atoms with Crippen LogP contribution in [-0.4, -0.2) is 23.7 Å². The van der Waals surface area contributed by atoms with Crippen LogP contribution in [0, 0.1) is 11.7 Å². The van der Waals surface area contributed by atoms with Gasteiger partial charge in [-0.25, -0.2) is 4.39 Å². The van der Waals surface area contributed by atoms with E-state index in [4.69, 9.17) is 5.11 Å². The van der Waals surface area contributed by atoms with Crippen LogP contribution >= 0.6 is 0 Å². The van der Waals surface area contributed by atoms with Crippen molar-refractivity contribution in [3.05, 3.63) is 35.6 Å². The predicted molar refractivity (Wildman–Crippen MR) is 75.7 cm³/mol. The summed E-state index contributed by atoms with van der Waals surface area (Å²) in [6, 6.07) is 6.61. The molecule has 110 valence electrons. The maximum absolute atomic E-state index is 13.0. The Balaban J connectivity index is 1.71. The highest BCUT2D eigenvalue weighted by Crippen LogP contribution is 2.23. The Labute approximate surface area is 119 Å². The molecule has 0 aromatic heterocycles. The standard InChI is InChI=1S/C16H22FNO2/c17-14-3-1-2-12(10-14)6-9-16(20)18-15-7-4-13(11-19)5-8-15/h1-3,10,13,15,19H,4-9,11H2,(H,18,20). The monoisotopic (exact) mass is 279 g/mol. The highest BCUT2D eigenvalue weighted by molar-refractivity contribution is 5.76. The fourth-order valence-electron chi connectivity index (χ4n) is 2.74. The summed E-state index contributed by atoms with van der Waals surface area (Å²) < 4.78 is 13.0. The molecule has 3 nitrogen and oxygen atoms in total. The number of amides is 1. The Kier molecular flexibility index (Phi) is 5.53. The van der Waals surface area contributed by atoms with Gasteiger partial charge in [-0.2, -0.15) is 0 Å². The molecule has 1 aromatic carbocycles. The molecule has 0 radical (unpaired) electrons. The van der Waals surface area contributed by atoms with Gasteiger partial charge in [-0.3, -0.25) is 4.79 Å². The number of rotatable bonds is 5. The van der Waals surface area contributed by atoms with Crippen LogP contribution in [0.15, 0.2) is 24.3 Å². The zero-order chi connectivity index (χ0) is 14.4. The second-order valence-corrected chi connectivity index (χ2v) is 5.60. The average Bonchev–Trinajstić information content (AvgIpc) is 2.46. The Morgan fingerprint density at radius 3 is 2.70 bits per heavy atom. The zero-order valence-corrected chi connectivity index (χ0v) is 11.6. The summed E-state index contributed by atoms with van der Waals surface area (Å²) in [5, 5.41) is 12.1. The van der Waals surface area contributed by atoms with Crippen molar-refractivity contribution in [1.82, 2.24) is 5.32 Å². The van der Waals surface area contributed by atoms with E-state index in [9.17, 15) is 9.18 Å². The molecule has 20 heavy (non-hydrogen) atoms. The number of carbonyl (C=O) groups is 1. The van der Waals surface area contributed by atoms with Crippen molar-refractivity contribution in [2.24, 2.45) is 5.92 Å². The molecule has 1 aromatic rings. The van der Waals surface area contributed by atoms with Crippen molar-refractivity contribution in [3.8, 4) is 0 Å². The molecule has 1 aliphatic carbocycles. The SMILES string of the molecule is O=C(CCc1cccc(F)c1)NC1CCC(CO)CC1.